The van der Waals surface area contributed by atoms with Crippen LogP contribution < -0.4 is 4.90 Å². The molecular formula is C26H35N5O. The van der Waals surface area contributed by atoms with Gasteiger partial charge < -0.3 is 9.80 Å². The SMILES string of the molecule is CC(C)c1ccc(C(=O)N2CCc3cnc(N4CCN(C5CCC5)CC4)nc3CC2)cc1. The van der Waals surface area contributed by atoms with Crippen LogP contribution in [0.2, 0.25) is 0 Å². The van der Waals surface area contributed by atoms with Gasteiger partial charge in [-0.3, -0.25) is 9.69 Å². The Kier molecular flexibility index (Phi) is 6.13. The highest BCUT2D eigenvalue weighted by molar-refractivity contribution is 5.94. The summed E-state index contributed by atoms with van der Waals surface area (Å²) < 4.78 is 0. The number of anilines is 1. The van der Waals surface area contributed by atoms with Gasteiger partial charge in [-0.1, -0.05) is 32.4 Å². The molecule has 2 aliphatic heterocycles. The molecule has 6 nitrogen and oxygen atoms in total. The molecule has 1 aliphatic carbocycles. The van der Waals surface area contributed by atoms with Crippen molar-refractivity contribution in [3.8, 4) is 0 Å². The number of hydrogen-bond acceptors (Lipinski definition) is 5. The topological polar surface area (TPSA) is 52.6 Å². The van der Waals surface area contributed by atoms with Crippen molar-refractivity contribution in [3.05, 3.63) is 52.8 Å². The molecule has 2 aromatic rings. The Morgan fingerprint density at radius 1 is 0.969 bits per heavy atom. The van der Waals surface area contributed by atoms with E-state index in [0.29, 0.717) is 12.5 Å². The van der Waals surface area contributed by atoms with Crippen molar-refractivity contribution < 1.29 is 4.79 Å². The number of nitrogens with zero attached hydrogens (tertiary/aromatic N) is 5. The first kappa shape index (κ1) is 21.4. The van der Waals surface area contributed by atoms with E-state index >= 15 is 0 Å². The predicted octanol–water partition coefficient (Wildman–Crippen LogP) is 3.52. The fourth-order valence-corrected chi connectivity index (χ4v) is 5.05. The molecule has 0 spiro atoms. The Labute approximate surface area is 191 Å². The quantitative estimate of drug-likeness (QED) is 0.739. The average molecular weight is 434 g/mol. The monoisotopic (exact) mass is 433 g/mol. The summed E-state index contributed by atoms with van der Waals surface area (Å²) >= 11 is 0. The summed E-state index contributed by atoms with van der Waals surface area (Å²) in [5.41, 5.74) is 4.34. The number of piperazine rings is 1. The van der Waals surface area contributed by atoms with E-state index in [1.165, 1.54) is 30.4 Å². The Hall–Kier alpha value is -2.47. The normalized spacial score (nSPS) is 20.1. The Morgan fingerprint density at radius 2 is 1.69 bits per heavy atom. The predicted molar refractivity (Wildman–Crippen MR) is 127 cm³/mol. The summed E-state index contributed by atoms with van der Waals surface area (Å²) in [5.74, 6) is 1.45. The standard InChI is InChI=1S/C26H35N5O/c1-19(2)20-6-8-21(9-7-20)25(32)30-12-10-22-18-27-26(28-24(22)11-13-30)31-16-14-29(15-17-31)23-4-3-5-23/h6-9,18-19,23H,3-5,10-17H2,1-2H3. The van der Waals surface area contributed by atoms with Gasteiger partial charge in [0.2, 0.25) is 5.95 Å². The van der Waals surface area contributed by atoms with Crippen LogP contribution in [0.4, 0.5) is 5.95 Å². The van der Waals surface area contributed by atoms with E-state index in [1.54, 1.807) is 0 Å². The molecule has 32 heavy (non-hydrogen) atoms. The number of fused-ring (bicyclic) bond motifs is 1. The van der Waals surface area contributed by atoms with Crippen molar-refractivity contribution in [2.24, 2.45) is 0 Å². The highest BCUT2D eigenvalue weighted by atomic mass is 16.2. The zero-order valence-electron chi connectivity index (χ0n) is 19.5. The first-order valence-electron chi connectivity index (χ1n) is 12.3. The second-order valence-corrected chi connectivity index (χ2v) is 9.82. The molecule has 170 valence electrons. The highest BCUT2D eigenvalue weighted by Crippen LogP contribution is 2.26. The smallest absolute Gasteiger partial charge is 0.253 e. The molecule has 5 rings (SSSR count). The molecule has 1 saturated carbocycles. The third-order valence-electron chi connectivity index (χ3n) is 7.51. The number of carbonyl (C=O) groups excluding carboxylic acids is 1. The van der Waals surface area contributed by atoms with Crippen molar-refractivity contribution in [1.29, 1.82) is 0 Å². The molecule has 0 N–H and O–H groups in total. The van der Waals surface area contributed by atoms with Crippen LogP contribution in [0.1, 0.15) is 66.2 Å². The molecule has 3 aliphatic rings. The summed E-state index contributed by atoms with van der Waals surface area (Å²) in [6.07, 6.45) is 7.74. The Balaban J connectivity index is 1.22. The number of carbonyl (C=O) groups is 1. The van der Waals surface area contributed by atoms with E-state index in [9.17, 15) is 4.79 Å². The second-order valence-electron chi connectivity index (χ2n) is 9.82. The van der Waals surface area contributed by atoms with Crippen molar-refractivity contribution in [2.45, 2.75) is 57.9 Å². The third kappa shape index (κ3) is 4.38. The summed E-state index contributed by atoms with van der Waals surface area (Å²) in [7, 11) is 0. The molecule has 1 aromatic heterocycles. The van der Waals surface area contributed by atoms with Crippen LogP contribution in [0.15, 0.2) is 30.5 Å². The van der Waals surface area contributed by atoms with Gasteiger partial charge in [-0.15, -0.1) is 0 Å². The molecule has 2 fully saturated rings. The molecule has 0 atom stereocenters. The molecular weight excluding hydrogens is 398 g/mol. The Bertz CT molecular complexity index is 945. The van der Waals surface area contributed by atoms with Crippen LogP contribution in [-0.4, -0.2) is 71.0 Å². The lowest BCUT2D eigenvalue weighted by Gasteiger charge is -2.43. The molecule has 0 bridgehead atoms. The maximum absolute atomic E-state index is 13.1. The fourth-order valence-electron chi connectivity index (χ4n) is 5.05. The molecule has 1 amide bonds. The zero-order chi connectivity index (χ0) is 22.1. The van der Waals surface area contributed by atoms with Gasteiger partial charge in [0.15, 0.2) is 0 Å². The minimum atomic E-state index is 0.119. The number of rotatable bonds is 4. The van der Waals surface area contributed by atoms with Gasteiger partial charge >= 0.3 is 0 Å². The summed E-state index contributed by atoms with van der Waals surface area (Å²) in [6.45, 7) is 10.0. The van der Waals surface area contributed by atoms with Crippen LogP contribution in [0, 0.1) is 0 Å². The van der Waals surface area contributed by atoms with Gasteiger partial charge in [0, 0.05) is 63.5 Å². The van der Waals surface area contributed by atoms with E-state index < -0.39 is 0 Å². The lowest BCUT2D eigenvalue weighted by molar-refractivity contribution is 0.0763. The van der Waals surface area contributed by atoms with Crippen LogP contribution in [0.25, 0.3) is 0 Å². The van der Waals surface area contributed by atoms with Gasteiger partial charge in [-0.05, 0) is 48.4 Å². The van der Waals surface area contributed by atoms with Crippen molar-refractivity contribution in [3.63, 3.8) is 0 Å². The summed E-state index contributed by atoms with van der Waals surface area (Å²) in [4.78, 5) is 29.7. The number of hydrogen-bond donors (Lipinski definition) is 0. The molecule has 3 heterocycles. The lowest BCUT2D eigenvalue weighted by Crippen LogP contribution is -2.52. The molecule has 1 aromatic carbocycles. The average Bonchev–Trinajstić information content (AvgIpc) is 3.00. The summed E-state index contributed by atoms with van der Waals surface area (Å²) in [6, 6.07) is 8.91. The van der Waals surface area contributed by atoms with E-state index in [4.69, 9.17) is 9.97 Å². The van der Waals surface area contributed by atoms with E-state index in [-0.39, 0.29) is 5.91 Å². The van der Waals surface area contributed by atoms with Gasteiger partial charge in [0.05, 0.1) is 5.69 Å². The fraction of sp³-hybridized carbons (Fsp3) is 0.577. The molecule has 1 saturated heterocycles. The minimum Gasteiger partial charge on any atom is -0.338 e. The lowest BCUT2D eigenvalue weighted by atomic mass is 9.91. The third-order valence-corrected chi connectivity index (χ3v) is 7.51. The van der Waals surface area contributed by atoms with E-state index in [0.717, 1.165) is 68.8 Å². The van der Waals surface area contributed by atoms with Crippen molar-refractivity contribution in [1.82, 2.24) is 19.8 Å². The van der Waals surface area contributed by atoms with Crippen LogP contribution in [0.3, 0.4) is 0 Å². The molecule has 6 heteroatoms. The maximum Gasteiger partial charge on any atom is 0.253 e. The maximum atomic E-state index is 13.1. The van der Waals surface area contributed by atoms with Crippen molar-refractivity contribution in [2.75, 3.05) is 44.2 Å². The van der Waals surface area contributed by atoms with Gasteiger partial charge in [0.25, 0.3) is 5.91 Å². The van der Waals surface area contributed by atoms with E-state index in [1.807, 2.05) is 23.2 Å². The minimum absolute atomic E-state index is 0.119. The number of aromatic nitrogens is 2. The second kappa shape index (κ2) is 9.18. The van der Waals surface area contributed by atoms with Crippen LogP contribution in [0.5, 0.6) is 0 Å². The van der Waals surface area contributed by atoms with Gasteiger partial charge in [-0.2, -0.15) is 0 Å². The van der Waals surface area contributed by atoms with Crippen molar-refractivity contribution >= 4 is 11.9 Å². The van der Waals surface area contributed by atoms with Gasteiger partial charge in [-0.25, -0.2) is 9.97 Å². The Morgan fingerprint density at radius 3 is 2.34 bits per heavy atom. The first-order valence-corrected chi connectivity index (χ1v) is 12.3. The molecule has 0 unspecified atom stereocenters. The number of amides is 1. The largest absolute Gasteiger partial charge is 0.338 e. The van der Waals surface area contributed by atoms with Crippen LogP contribution in [-0.2, 0) is 12.8 Å². The zero-order valence-corrected chi connectivity index (χ0v) is 19.5. The summed E-state index contributed by atoms with van der Waals surface area (Å²) in [5, 5.41) is 0. The number of benzene rings is 1. The highest BCUT2D eigenvalue weighted by Gasteiger charge is 2.29. The first-order chi connectivity index (χ1) is 15.6. The molecule has 0 radical (unpaired) electrons. The van der Waals surface area contributed by atoms with Crippen LogP contribution >= 0.6 is 0 Å². The van der Waals surface area contributed by atoms with E-state index in [2.05, 4.69) is 35.8 Å². The van der Waals surface area contributed by atoms with Gasteiger partial charge in [0.1, 0.15) is 0 Å².